The number of likely N-dealkylation sites (N-methyl/N-ethyl adjacent to an activating group) is 1. The molecule has 5 heteroatoms. The zero-order chi connectivity index (χ0) is 16.6. The van der Waals surface area contributed by atoms with E-state index in [4.69, 9.17) is 0 Å². The second kappa shape index (κ2) is 9.06. The highest BCUT2D eigenvalue weighted by molar-refractivity contribution is 8.00. The molecule has 1 unspecified atom stereocenters. The molecule has 0 aromatic heterocycles. The third-order valence-corrected chi connectivity index (χ3v) is 4.87. The minimum Gasteiger partial charge on any atom is -0.355 e. The number of thioether (sulfide) groups is 1. The van der Waals surface area contributed by atoms with Crippen LogP contribution in [0.2, 0.25) is 0 Å². The van der Waals surface area contributed by atoms with Gasteiger partial charge < -0.3 is 15.5 Å². The van der Waals surface area contributed by atoms with Crippen LogP contribution in [0.15, 0.2) is 40.2 Å². The Balaban J connectivity index is 2.38. The predicted molar refractivity (Wildman–Crippen MR) is 98.9 cm³/mol. The van der Waals surface area contributed by atoms with E-state index >= 15 is 0 Å². The van der Waals surface area contributed by atoms with Crippen molar-refractivity contribution in [2.45, 2.75) is 36.5 Å². The van der Waals surface area contributed by atoms with E-state index in [1.165, 1.54) is 4.90 Å². The number of hydrogen-bond donors (Lipinski definition) is 2. The minimum absolute atomic E-state index is 0.0853. The fourth-order valence-corrected chi connectivity index (χ4v) is 2.64. The quantitative estimate of drug-likeness (QED) is 0.460. The van der Waals surface area contributed by atoms with Gasteiger partial charge in [-0.25, -0.2) is 0 Å². The van der Waals surface area contributed by atoms with E-state index in [1.54, 1.807) is 0 Å². The van der Waals surface area contributed by atoms with Crippen LogP contribution in [-0.2, 0) is 0 Å². The van der Waals surface area contributed by atoms with E-state index in [1.807, 2.05) is 24.9 Å². The molecule has 1 rings (SSSR count). The molecular weight excluding hydrogens is 292 g/mol. The number of aliphatic imine (C=N–C) groups is 1. The van der Waals surface area contributed by atoms with Crippen molar-refractivity contribution < 1.29 is 0 Å². The van der Waals surface area contributed by atoms with Gasteiger partial charge in [0.05, 0.1) is 0 Å². The highest BCUT2D eigenvalue weighted by Crippen LogP contribution is 2.21. The van der Waals surface area contributed by atoms with Gasteiger partial charge in [-0.15, -0.1) is 11.8 Å². The number of guanidine groups is 1. The standard InChI is InChI=1S/C17H30N4S/c1-14(22-15-10-8-7-9-11-15)12-19-16(18-4)20-13-17(2,3)21(5)6/h7-11,14H,12-13H2,1-6H3,(H2,18,19,20). The Labute approximate surface area is 139 Å². The first kappa shape index (κ1) is 18.8. The van der Waals surface area contributed by atoms with Gasteiger partial charge in [0.1, 0.15) is 0 Å². The van der Waals surface area contributed by atoms with Gasteiger partial charge >= 0.3 is 0 Å². The first-order valence-electron chi connectivity index (χ1n) is 7.69. The molecule has 4 nitrogen and oxygen atoms in total. The predicted octanol–water partition coefficient (Wildman–Crippen LogP) is 2.67. The lowest BCUT2D eigenvalue weighted by atomic mass is 10.0. The molecule has 0 aliphatic heterocycles. The summed E-state index contributed by atoms with van der Waals surface area (Å²) >= 11 is 1.87. The van der Waals surface area contributed by atoms with Crippen molar-refractivity contribution in [2.75, 3.05) is 34.2 Å². The van der Waals surface area contributed by atoms with Crippen LogP contribution in [0.5, 0.6) is 0 Å². The summed E-state index contributed by atoms with van der Waals surface area (Å²) in [6.07, 6.45) is 0. The van der Waals surface area contributed by atoms with Crippen LogP contribution in [-0.4, -0.2) is 55.9 Å². The van der Waals surface area contributed by atoms with Crippen molar-refractivity contribution in [2.24, 2.45) is 4.99 Å². The second-order valence-electron chi connectivity index (χ2n) is 6.26. The summed E-state index contributed by atoms with van der Waals surface area (Å²) in [6.45, 7) is 8.37. The molecule has 0 saturated heterocycles. The van der Waals surface area contributed by atoms with E-state index in [0.29, 0.717) is 5.25 Å². The van der Waals surface area contributed by atoms with E-state index < -0.39 is 0 Å². The zero-order valence-corrected chi connectivity index (χ0v) is 15.5. The van der Waals surface area contributed by atoms with Crippen molar-refractivity contribution in [3.05, 3.63) is 30.3 Å². The van der Waals surface area contributed by atoms with Crippen LogP contribution in [0.3, 0.4) is 0 Å². The summed E-state index contributed by atoms with van der Waals surface area (Å²) in [4.78, 5) is 7.81. The summed E-state index contributed by atoms with van der Waals surface area (Å²) in [7, 11) is 6.00. The van der Waals surface area contributed by atoms with Gasteiger partial charge in [0, 0.05) is 35.8 Å². The van der Waals surface area contributed by atoms with E-state index in [9.17, 15) is 0 Å². The summed E-state index contributed by atoms with van der Waals surface area (Å²) < 4.78 is 0. The van der Waals surface area contributed by atoms with Crippen molar-refractivity contribution in [3.8, 4) is 0 Å². The molecule has 0 spiro atoms. The average Bonchev–Trinajstić information content (AvgIpc) is 2.48. The molecule has 0 heterocycles. The molecule has 1 aromatic carbocycles. The SMILES string of the molecule is CN=C(NCC(C)Sc1ccccc1)NCC(C)(C)N(C)C. The molecule has 0 radical (unpaired) electrons. The van der Waals surface area contributed by atoms with Crippen LogP contribution in [0.4, 0.5) is 0 Å². The molecule has 1 atom stereocenters. The van der Waals surface area contributed by atoms with Crippen molar-refractivity contribution in [1.82, 2.24) is 15.5 Å². The highest BCUT2D eigenvalue weighted by Gasteiger charge is 2.20. The Kier molecular flexibility index (Phi) is 7.76. The molecule has 0 saturated carbocycles. The first-order valence-corrected chi connectivity index (χ1v) is 8.57. The molecule has 1 aromatic rings. The third kappa shape index (κ3) is 6.71. The van der Waals surface area contributed by atoms with Crippen LogP contribution >= 0.6 is 11.8 Å². The van der Waals surface area contributed by atoms with Crippen LogP contribution < -0.4 is 10.6 Å². The van der Waals surface area contributed by atoms with Gasteiger partial charge in [-0.05, 0) is 40.1 Å². The van der Waals surface area contributed by atoms with E-state index in [-0.39, 0.29) is 5.54 Å². The maximum atomic E-state index is 4.30. The zero-order valence-electron chi connectivity index (χ0n) is 14.7. The van der Waals surface area contributed by atoms with Gasteiger partial charge in [0.15, 0.2) is 5.96 Å². The number of hydrogen-bond acceptors (Lipinski definition) is 3. The maximum absolute atomic E-state index is 4.30. The lowest BCUT2D eigenvalue weighted by Gasteiger charge is -2.33. The molecule has 0 bridgehead atoms. The third-order valence-electron chi connectivity index (χ3n) is 3.76. The molecule has 0 aliphatic rings. The summed E-state index contributed by atoms with van der Waals surface area (Å²) in [5.41, 5.74) is 0.0853. The summed E-state index contributed by atoms with van der Waals surface area (Å²) in [6, 6.07) is 10.5. The molecular formula is C17H30N4S. The van der Waals surface area contributed by atoms with Crippen LogP contribution in [0.1, 0.15) is 20.8 Å². The number of rotatable bonds is 7. The molecule has 0 fully saturated rings. The molecule has 2 N–H and O–H groups in total. The average molecular weight is 323 g/mol. The Hall–Kier alpha value is -1.20. The fourth-order valence-electron chi connectivity index (χ4n) is 1.69. The van der Waals surface area contributed by atoms with Gasteiger partial charge in [-0.1, -0.05) is 25.1 Å². The Morgan fingerprint density at radius 2 is 1.86 bits per heavy atom. The van der Waals surface area contributed by atoms with Gasteiger partial charge in [-0.2, -0.15) is 0 Å². The van der Waals surface area contributed by atoms with E-state index in [0.717, 1.165) is 19.0 Å². The van der Waals surface area contributed by atoms with Crippen molar-refractivity contribution in [1.29, 1.82) is 0 Å². The first-order chi connectivity index (χ1) is 10.3. The van der Waals surface area contributed by atoms with Gasteiger partial charge in [0.25, 0.3) is 0 Å². The summed E-state index contributed by atoms with van der Waals surface area (Å²) in [5.74, 6) is 0.857. The van der Waals surface area contributed by atoms with Gasteiger partial charge in [0.2, 0.25) is 0 Å². The fraction of sp³-hybridized carbons (Fsp3) is 0.588. The van der Waals surface area contributed by atoms with E-state index in [2.05, 4.69) is 79.7 Å². The lowest BCUT2D eigenvalue weighted by molar-refractivity contribution is 0.197. The van der Waals surface area contributed by atoms with Crippen LogP contribution in [0, 0.1) is 0 Å². The molecule has 0 amide bonds. The smallest absolute Gasteiger partial charge is 0.191 e. The molecule has 0 aliphatic carbocycles. The Morgan fingerprint density at radius 3 is 2.41 bits per heavy atom. The highest BCUT2D eigenvalue weighted by atomic mass is 32.2. The number of benzene rings is 1. The Bertz CT molecular complexity index is 457. The van der Waals surface area contributed by atoms with Crippen LogP contribution in [0.25, 0.3) is 0 Å². The maximum Gasteiger partial charge on any atom is 0.191 e. The molecule has 22 heavy (non-hydrogen) atoms. The van der Waals surface area contributed by atoms with Crippen molar-refractivity contribution >= 4 is 17.7 Å². The normalized spacial score (nSPS) is 14.0. The number of nitrogens with zero attached hydrogens (tertiary/aromatic N) is 2. The largest absolute Gasteiger partial charge is 0.355 e. The number of nitrogens with one attached hydrogen (secondary N) is 2. The Morgan fingerprint density at radius 1 is 1.23 bits per heavy atom. The minimum atomic E-state index is 0.0853. The second-order valence-corrected chi connectivity index (χ2v) is 7.77. The van der Waals surface area contributed by atoms with Gasteiger partial charge in [-0.3, -0.25) is 4.99 Å². The lowest BCUT2D eigenvalue weighted by Crippen LogP contribution is -2.51. The summed E-state index contributed by atoms with van der Waals surface area (Å²) in [5, 5.41) is 7.27. The molecule has 124 valence electrons. The van der Waals surface area contributed by atoms with Crippen molar-refractivity contribution in [3.63, 3.8) is 0 Å². The topological polar surface area (TPSA) is 39.7 Å². The monoisotopic (exact) mass is 322 g/mol.